The van der Waals surface area contributed by atoms with Crippen molar-refractivity contribution in [1.82, 2.24) is 0 Å². The average Bonchev–Trinajstić information content (AvgIpc) is 2.49. The Morgan fingerprint density at radius 2 is 1.79 bits per heavy atom. The van der Waals surface area contributed by atoms with Crippen LogP contribution in [0.4, 0.5) is 0 Å². The molecule has 96 valence electrons. The third-order valence-corrected chi connectivity index (χ3v) is 3.97. The molecule has 1 aromatic rings. The maximum atomic E-state index is 2.39. The molecular formula is C19H20. The highest BCUT2D eigenvalue weighted by atomic mass is 14.2. The summed E-state index contributed by atoms with van der Waals surface area (Å²) >= 11 is 0. The number of allylic oxidation sites excluding steroid dienone is 8. The molecule has 0 N–H and O–H groups in total. The smallest absolute Gasteiger partial charge is 0.0149 e. The quantitative estimate of drug-likeness (QED) is 0.665. The Bertz CT molecular complexity index is 567. The molecule has 0 amide bonds. The van der Waals surface area contributed by atoms with Crippen LogP contribution in [-0.2, 0) is 0 Å². The van der Waals surface area contributed by atoms with Gasteiger partial charge >= 0.3 is 0 Å². The lowest BCUT2D eigenvalue weighted by Gasteiger charge is -2.23. The summed E-state index contributed by atoms with van der Waals surface area (Å²) in [7, 11) is 0. The van der Waals surface area contributed by atoms with E-state index in [1.165, 1.54) is 35.1 Å². The molecule has 0 aliphatic heterocycles. The van der Waals surface area contributed by atoms with Crippen molar-refractivity contribution in [3.8, 4) is 0 Å². The van der Waals surface area contributed by atoms with Crippen molar-refractivity contribution >= 4 is 5.57 Å². The summed E-state index contributed by atoms with van der Waals surface area (Å²) in [6.07, 6.45) is 15.2. The van der Waals surface area contributed by atoms with Gasteiger partial charge in [0.25, 0.3) is 0 Å². The van der Waals surface area contributed by atoms with Crippen LogP contribution in [0, 0.1) is 5.92 Å². The molecule has 0 fully saturated rings. The zero-order chi connectivity index (χ0) is 13.1. The molecule has 1 aromatic carbocycles. The van der Waals surface area contributed by atoms with Gasteiger partial charge in [0, 0.05) is 0 Å². The first kappa shape index (κ1) is 12.2. The van der Waals surface area contributed by atoms with E-state index in [-0.39, 0.29) is 0 Å². The molecular weight excluding hydrogens is 228 g/mol. The lowest BCUT2D eigenvalue weighted by Crippen LogP contribution is -2.06. The Hall–Kier alpha value is -1.82. The van der Waals surface area contributed by atoms with Crippen LogP contribution in [0.1, 0.15) is 31.7 Å². The highest BCUT2D eigenvalue weighted by molar-refractivity contribution is 5.77. The Balaban J connectivity index is 1.95. The molecule has 0 radical (unpaired) electrons. The highest BCUT2D eigenvalue weighted by Crippen LogP contribution is 2.34. The zero-order valence-corrected chi connectivity index (χ0v) is 11.5. The minimum atomic E-state index is 0.626. The minimum Gasteiger partial charge on any atom is -0.0836 e. The molecule has 0 spiro atoms. The lowest BCUT2D eigenvalue weighted by atomic mass is 9.82. The van der Waals surface area contributed by atoms with Gasteiger partial charge in [0.05, 0.1) is 0 Å². The second kappa shape index (κ2) is 5.44. The normalized spacial score (nSPS) is 22.6. The Morgan fingerprint density at radius 3 is 2.53 bits per heavy atom. The number of benzene rings is 1. The second-order valence-corrected chi connectivity index (χ2v) is 5.40. The van der Waals surface area contributed by atoms with Gasteiger partial charge in [0.2, 0.25) is 0 Å². The molecule has 0 bridgehead atoms. The van der Waals surface area contributed by atoms with Crippen molar-refractivity contribution in [2.45, 2.75) is 26.2 Å². The van der Waals surface area contributed by atoms with E-state index in [0.717, 1.165) is 6.42 Å². The van der Waals surface area contributed by atoms with E-state index in [9.17, 15) is 0 Å². The maximum absolute atomic E-state index is 2.39. The van der Waals surface area contributed by atoms with Crippen LogP contribution < -0.4 is 0 Å². The lowest BCUT2D eigenvalue weighted by molar-refractivity contribution is 0.698. The van der Waals surface area contributed by atoms with Crippen LogP contribution in [0.15, 0.2) is 71.9 Å². The van der Waals surface area contributed by atoms with Gasteiger partial charge in [-0.05, 0) is 47.5 Å². The van der Waals surface area contributed by atoms with Gasteiger partial charge in [-0.25, -0.2) is 0 Å². The van der Waals surface area contributed by atoms with Gasteiger partial charge in [-0.15, -0.1) is 0 Å². The zero-order valence-electron chi connectivity index (χ0n) is 11.5. The third-order valence-electron chi connectivity index (χ3n) is 3.97. The van der Waals surface area contributed by atoms with Gasteiger partial charge in [0.15, 0.2) is 0 Å². The third kappa shape index (κ3) is 2.63. The fraction of sp³-hybridized carbons (Fsp3) is 0.263. The van der Waals surface area contributed by atoms with Gasteiger partial charge in [-0.3, -0.25) is 0 Å². The fourth-order valence-corrected chi connectivity index (χ4v) is 2.83. The molecule has 3 rings (SSSR count). The first-order valence-corrected chi connectivity index (χ1v) is 7.19. The van der Waals surface area contributed by atoms with E-state index >= 15 is 0 Å². The van der Waals surface area contributed by atoms with E-state index in [2.05, 4.69) is 67.6 Å². The van der Waals surface area contributed by atoms with Crippen molar-refractivity contribution in [3.63, 3.8) is 0 Å². The topological polar surface area (TPSA) is 0 Å². The number of hydrogen-bond donors (Lipinski definition) is 0. The standard InChI is InChI=1S/C19H20/c1-15-12-13-18(16-8-4-2-5-9-16)14-19(15)17-10-6-3-7-11-17/h2,4-6,8-11,13-15H,3,7,12H2,1H3. The minimum absolute atomic E-state index is 0.626. The van der Waals surface area contributed by atoms with Crippen LogP contribution in [-0.4, -0.2) is 0 Å². The van der Waals surface area contributed by atoms with Gasteiger partial charge in [-0.2, -0.15) is 0 Å². The fourth-order valence-electron chi connectivity index (χ4n) is 2.83. The summed E-state index contributed by atoms with van der Waals surface area (Å²) in [5.41, 5.74) is 5.62. The summed E-state index contributed by atoms with van der Waals surface area (Å²) in [6.45, 7) is 2.33. The molecule has 19 heavy (non-hydrogen) atoms. The highest BCUT2D eigenvalue weighted by Gasteiger charge is 2.17. The molecule has 0 heterocycles. The first-order chi connectivity index (χ1) is 9.34. The SMILES string of the molecule is CC1CC=C(c2ccccc2)C=C1C1=CCCC=C1. The predicted molar refractivity (Wildman–Crippen MR) is 82.7 cm³/mol. The molecule has 0 aromatic heterocycles. The summed E-state index contributed by atoms with van der Waals surface area (Å²) < 4.78 is 0. The summed E-state index contributed by atoms with van der Waals surface area (Å²) in [6, 6.07) is 10.7. The van der Waals surface area contributed by atoms with Gasteiger partial charge in [-0.1, -0.05) is 67.6 Å². The van der Waals surface area contributed by atoms with Crippen molar-refractivity contribution in [2.24, 2.45) is 5.92 Å². The summed E-state index contributed by atoms with van der Waals surface area (Å²) in [5.74, 6) is 0.626. The molecule has 0 heteroatoms. The molecule has 2 aliphatic rings. The summed E-state index contributed by atoms with van der Waals surface area (Å²) in [5, 5.41) is 0. The first-order valence-electron chi connectivity index (χ1n) is 7.19. The Morgan fingerprint density at radius 1 is 0.947 bits per heavy atom. The van der Waals surface area contributed by atoms with Crippen molar-refractivity contribution in [2.75, 3.05) is 0 Å². The average molecular weight is 248 g/mol. The van der Waals surface area contributed by atoms with Gasteiger partial charge < -0.3 is 0 Å². The molecule has 1 atom stereocenters. The largest absolute Gasteiger partial charge is 0.0836 e. The number of hydrogen-bond acceptors (Lipinski definition) is 0. The van der Waals surface area contributed by atoms with Crippen molar-refractivity contribution in [1.29, 1.82) is 0 Å². The van der Waals surface area contributed by atoms with Crippen LogP contribution in [0.3, 0.4) is 0 Å². The molecule has 0 saturated carbocycles. The molecule has 0 nitrogen and oxygen atoms in total. The van der Waals surface area contributed by atoms with Crippen LogP contribution in [0.2, 0.25) is 0 Å². The van der Waals surface area contributed by atoms with Crippen LogP contribution in [0.25, 0.3) is 5.57 Å². The van der Waals surface area contributed by atoms with E-state index in [4.69, 9.17) is 0 Å². The number of rotatable bonds is 2. The Labute approximate surface area is 115 Å². The molecule has 0 saturated heterocycles. The molecule has 2 aliphatic carbocycles. The van der Waals surface area contributed by atoms with E-state index in [1.54, 1.807) is 0 Å². The van der Waals surface area contributed by atoms with Crippen molar-refractivity contribution < 1.29 is 0 Å². The van der Waals surface area contributed by atoms with Crippen LogP contribution in [0.5, 0.6) is 0 Å². The van der Waals surface area contributed by atoms with E-state index < -0.39 is 0 Å². The second-order valence-electron chi connectivity index (χ2n) is 5.40. The summed E-state index contributed by atoms with van der Waals surface area (Å²) in [4.78, 5) is 0. The predicted octanol–water partition coefficient (Wildman–Crippen LogP) is 5.31. The monoisotopic (exact) mass is 248 g/mol. The van der Waals surface area contributed by atoms with E-state index in [1.807, 2.05) is 0 Å². The van der Waals surface area contributed by atoms with Crippen molar-refractivity contribution in [3.05, 3.63) is 77.4 Å². The maximum Gasteiger partial charge on any atom is -0.0149 e. The van der Waals surface area contributed by atoms with Gasteiger partial charge in [0.1, 0.15) is 0 Å². The Kier molecular flexibility index (Phi) is 3.50. The van der Waals surface area contributed by atoms with Crippen LogP contribution >= 0.6 is 0 Å². The van der Waals surface area contributed by atoms with E-state index in [0.29, 0.717) is 5.92 Å². The molecule has 1 unspecified atom stereocenters.